The minimum atomic E-state index is -0.613. The number of nitriles is 1. The molecule has 3 aromatic carbocycles. The Kier molecular flexibility index (Phi) is 10.3. The lowest BCUT2D eigenvalue weighted by atomic mass is 9.72. The monoisotopic (exact) mass is 820 g/mol. The van der Waals surface area contributed by atoms with Crippen LogP contribution in [0.25, 0.3) is 0 Å². The number of alkyl halides is 1. The summed E-state index contributed by atoms with van der Waals surface area (Å²) in [5, 5.41) is 17.8. The highest BCUT2D eigenvalue weighted by molar-refractivity contribution is 14.1. The van der Waals surface area contributed by atoms with Gasteiger partial charge >= 0.3 is 11.9 Å². The molecular weight excluding hydrogens is 779 g/mol. The normalized spacial score (nSPS) is 22.3. The molecule has 4 aliphatic heterocycles. The summed E-state index contributed by atoms with van der Waals surface area (Å²) < 4.78 is 30.6. The highest BCUT2D eigenvalue weighted by atomic mass is 127. The van der Waals surface area contributed by atoms with Crippen LogP contribution in [-0.2, 0) is 33.6 Å². The van der Waals surface area contributed by atoms with Gasteiger partial charge in [-0.2, -0.15) is 5.26 Å². The van der Waals surface area contributed by atoms with Crippen molar-refractivity contribution in [3.8, 4) is 34.8 Å². The standard InChI is InChI=1S/C39H41IN4O8/c1-20-14-24-15-26-28(17-41)44-27(34(43-26)32(24)39(35(20)48-4)51-22(3)45)16-25-33(29(44)18-42-30(46)11-10-23-8-6-5-7-9-23)38-37(49-19-50-38)21(2)36(25)52-31(47)12-13-40/h5-9,14,26-29,34,43H,10-13,15-16,18-19H2,1-4H3,(H,42,46)/t26-,27?,28+,29+,34+/m1/s1. The quantitative estimate of drug-likeness (QED) is 0.125. The molecule has 3 aromatic rings. The lowest BCUT2D eigenvalue weighted by Gasteiger charge is -2.56. The molecule has 2 N–H and O–H groups in total. The number of piperazine rings is 1. The van der Waals surface area contributed by atoms with Gasteiger partial charge in [0.05, 0.1) is 31.7 Å². The number of nitrogens with zero attached hydrogens (tertiary/aromatic N) is 2. The summed E-state index contributed by atoms with van der Waals surface area (Å²) in [5.41, 5.74) is 5.77. The average Bonchev–Trinajstić information content (AvgIpc) is 3.62. The van der Waals surface area contributed by atoms with E-state index in [2.05, 4.69) is 44.2 Å². The van der Waals surface area contributed by atoms with Crippen molar-refractivity contribution in [3.63, 3.8) is 0 Å². The molecule has 1 fully saturated rings. The zero-order valence-electron chi connectivity index (χ0n) is 29.5. The highest BCUT2D eigenvalue weighted by Gasteiger charge is 2.55. The smallest absolute Gasteiger partial charge is 0.311 e. The highest BCUT2D eigenvalue weighted by Crippen LogP contribution is 2.57. The Balaban J connectivity index is 1.37. The second-order valence-electron chi connectivity index (χ2n) is 13.6. The van der Waals surface area contributed by atoms with E-state index < -0.39 is 30.1 Å². The molecule has 1 saturated heterocycles. The van der Waals surface area contributed by atoms with Gasteiger partial charge in [-0.15, -0.1) is 0 Å². The van der Waals surface area contributed by atoms with Crippen molar-refractivity contribution < 1.29 is 38.1 Å². The van der Waals surface area contributed by atoms with Gasteiger partial charge in [0.2, 0.25) is 12.7 Å². The number of fused-ring (bicyclic) bond motifs is 9. The van der Waals surface area contributed by atoms with E-state index in [1.807, 2.05) is 50.2 Å². The van der Waals surface area contributed by atoms with Gasteiger partial charge < -0.3 is 34.3 Å². The van der Waals surface area contributed by atoms with E-state index >= 15 is 0 Å². The van der Waals surface area contributed by atoms with E-state index in [1.54, 1.807) is 7.11 Å². The Labute approximate surface area is 316 Å². The van der Waals surface area contributed by atoms with Crippen LogP contribution < -0.4 is 34.3 Å². The average molecular weight is 821 g/mol. The number of aryl methyl sites for hydroxylation is 2. The number of hydrogen-bond acceptors (Lipinski definition) is 11. The predicted octanol–water partition coefficient (Wildman–Crippen LogP) is 4.87. The van der Waals surface area contributed by atoms with E-state index in [4.69, 9.17) is 23.7 Å². The van der Waals surface area contributed by atoms with Gasteiger partial charge in [0.25, 0.3) is 0 Å². The molecule has 1 amide bonds. The van der Waals surface area contributed by atoms with E-state index in [9.17, 15) is 19.6 Å². The molecule has 4 aliphatic rings. The molecule has 0 saturated carbocycles. The maximum atomic E-state index is 13.5. The molecule has 272 valence electrons. The first kappa shape index (κ1) is 36.0. The minimum Gasteiger partial charge on any atom is -0.493 e. The molecule has 1 unspecified atom stereocenters. The fourth-order valence-corrected chi connectivity index (χ4v) is 8.86. The first-order chi connectivity index (χ1) is 25.1. The summed E-state index contributed by atoms with van der Waals surface area (Å²) in [6.07, 6.45) is 1.94. The molecule has 13 heteroatoms. The molecule has 7 rings (SSSR count). The minimum absolute atomic E-state index is 0.0138. The molecule has 4 heterocycles. The van der Waals surface area contributed by atoms with Crippen molar-refractivity contribution in [2.24, 2.45) is 0 Å². The lowest BCUT2D eigenvalue weighted by Crippen LogP contribution is -2.68. The summed E-state index contributed by atoms with van der Waals surface area (Å²) in [7, 11) is 1.55. The largest absolute Gasteiger partial charge is 0.493 e. The van der Waals surface area contributed by atoms with Crippen LogP contribution >= 0.6 is 22.6 Å². The Morgan fingerprint density at radius 3 is 2.52 bits per heavy atom. The van der Waals surface area contributed by atoms with Crippen molar-refractivity contribution in [2.45, 2.75) is 83.1 Å². The van der Waals surface area contributed by atoms with Crippen LogP contribution in [0, 0.1) is 25.2 Å². The van der Waals surface area contributed by atoms with Gasteiger partial charge in [-0.1, -0.05) is 59.0 Å². The van der Waals surface area contributed by atoms with Crippen LogP contribution in [0.5, 0.6) is 28.7 Å². The Bertz CT molecular complexity index is 1960. The van der Waals surface area contributed by atoms with Crippen molar-refractivity contribution in [3.05, 3.63) is 75.3 Å². The van der Waals surface area contributed by atoms with Crippen LogP contribution in [0.2, 0.25) is 0 Å². The van der Waals surface area contributed by atoms with E-state index in [1.165, 1.54) is 6.92 Å². The van der Waals surface area contributed by atoms with Gasteiger partial charge in [-0.3, -0.25) is 19.3 Å². The number of nitrogens with one attached hydrogen (secondary N) is 2. The summed E-state index contributed by atoms with van der Waals surface area (Å²) in [6, 6.07) is 12.2. The third-order valence-electron chi connectivity index (χ3n) is 10.5. The molecule has 12 nitrogen and oxygen atoms in total. The topological polar surface area (TPSA) is 148 Å². The Morgan fingerprint density at radius 1 is 1.04 bits per heavy atom. The predicted molar refractivity (Wildman–Crippen MR) is 198 cm³/mol. The van der Waals surface area contributed by atoms with E-state index in [0.29, 0.717) is 58.0 Å². The van der Waals surface area contributed by atoms with Gasteiger partial charge in [0.15, 0.2) is 23.0 Å². The number of ether oxygens (including phenoxy) is 5. The maximum absolute atomic E-state index is 13.5. The van der Waals surface area contributed by atoms with Crippen molar-refractivity contribution in [2.75, 3.05) is 24.9 Å². The summed E-state index contributed by atoms with van der Waals surface area (Å²) in [5.74, 6) is 1.26. The number of amides is 1. The fourth-order valence-electron chi connectivity index (χ4n) is 8.42. The SMILES string of the molecule is COc1c(C)cc2c(c1OC(C)=O)[C@H]1N[C@H](C2)[C@H](C#N)N2C1Cc1c(OC(=O)CCI)c(C)c3c(c1[C@@H]2CNC(=O)CCc1ccccc1)OCO3. The van der Waals surface area contributed by atoms with Gasteiger partial charge in [-0.05, 0) is 49.8 Å². The van der Waals surface area contributed by atoms with Crippen LogP contribution in [0.15, 0.2) is 36.4 Å². The molecular formula is C39H41IN4O8. The van der Waals surface area contributed by atoms with E-state index in [0.717, 1.165) is 33.4 Å². The number of carbonyl (C=O) groups excluding carboxylic acids is 3. The van der Waals surface area contributed by atoms with Crippen LogP contribution in [0.4, 0.5) is 0 Å². The van der Waals surface area contributed by atoms with Gasteiger partial charge in [-0.25, -0.2) is 0 Å². The first-order valence-electron chi connectivity index (χ1n) is 17.5. The molecule has 0 spiro atoms. The maximum Gasteiger partial charge on any atom is 0.311 e. The summed E-state index contributed by atoms with van der Waals surface area (Å²) >= 11 is 2.15. The van der Waals surface area contributed by atoms with Crippen LogP contribution in [0.1, 0.15) is 70.8 Å². The summed E-state index contributed by atoms with van der Waals surface area (Å²) in [4.78, 5) is 41.3. The molecule has 0 aliphatic carbocycles. The second-order valence-corrected chi connectivity index (χ2v) is 14.7. The molecule has 0 aromatic heterocycles. The Hall–Kier alpha value is -4.39. The zero-order valence-corrected chi connectivity index (χ0v) is 31.7. The van der Waals surface area contributed by atoms with E-state index in [-0.39, 0.29) is 44.1 Å². The van der Waals surface area contributed by atoms with Gasteiger partial charge in [0, 0.05) is 58.7 Å². The van der Waals surface area contributed by atoms with Crippen molar-refractivity contribution in [1.82, 2.24) is 15.5 Å². The molecule has 52 heavy (non-hydrogen) atoms. The van der Waals surface area contributed by atoms with Crippen LogP contribution in [0.3, 0.4) is 0 Å². The van der Waals surface area contributed by atoms with Crippen molar-refractivity contribution >= 4 is 40.4 Å². The second kappa shape index (κ2) is 14.9. The third kappa shape index (κ3) is 6.45. The lowest BCUT2D eigenvalue weighted by molar-refractivity contribution is -0.134. The molecule has 5 atom stereocenters. The summed E-state index contributed by atoms with van der Waals surface area (Å²) in [6.45, 7) is 5.27. The van der Waals surface area contributed by atoms with Crippen molar-refractivity contribution in [1.29, 1.82) is 5.26 Å². The number of esters is 2. The fraction of sp³-hybridized carbons (Fsp3) is 0.436. The number of hydrogen-bond donors (Lipinski definition) is 2. The van der Waals surface area contributed by atoms with Gasteiger partial charge in [0.1, 0.15) is 11.8 Å². The molecule has 0 radical (unpaired) electrons. The number of carbonyl (C=O) groups is 3. The number of benzene rings is 3. The van der Waals surface area contributed by atoms with Crippen LogP contribution in [-0.4, -0.2) is 65.7 Å². The number of methoxy groups -OCH3 is 1. The number of halogens is 1. The Morgan fingerprint density at radius 2 is 1.81 bits per heavy atom. The first-order valence-corrected chi connectivity index (χ1v) is 19.0. The molecule has 2 bridgehead atoms. The third-order valence-corrected chi connectivity index (χ3v) is 11.0. The zero-order chi connectivity index (χ0) is 36.7. The number of rotatable bonds is 10.